The predicted octanol–water partition coefficient (Wildman–Crippen LogP) is 3.77. The van der Waals surface area contributed by atoms with Gasteiger partial charge in [-0.3, -0.25) is 4.79 Å². The highest BCUT2D eigenvalue weighted by Gasteiger charge is 2.51. The summed E-state index contributed by atoms with van der Waals surface area (Å²) in [6.07, 6.45) is 2.63. The van der Waals surface area contributed by atoms with Crippen LogP contribution < -0.4 is 4.74 Å². The van der Waals surface area contributed by atoms with Crippen molar-refractivity contribution in [3.8, 4) is 5.75 Å². The van der Waals surface area contributed by atoms with Gasteiger partial charge in [-0.15, -0.1) is 0 Å². The van der Waals surface area contributed by atoms with Gasteiger partial charge in [0.05, 0.1) is 12.0 Å². The van der Waals surface area contributed by atoms with E-state index in [0.717, 1.165) is 29.7 Å². The molecule has 0 saturated heterocycles. The van der Waals surface area contributed by atoms with E-state index in [9.17, 15) is 4.79 Å². The molecule has 3 rings (SSSR count). The van der Waals surface area contributed by atoms with Crippen molar-refractivity contribution in [2.24, 2.45) is 11.8 Å². The van der Waals surface area contributed by atoms with Crippen LogP contribution in [0.15, 0.2) is 18.2 Å². The smallest absolute Gasteiger partial charge is 0.170 e. The number of hydrogen-bond acceptors (Lipinski definition) is 2. The number of benzene rings is 1. The zero-order valence-corrected chi connectivity index (χ0v) is 11.3. The molecule has 1 heterocycles. The first-order chi connectivity index (χ1) is 8.49. The molecule has 1 fully saturated rings. The van der Waals surface area contributed by atoms with Gasteiger partial charge in [-0.05, 0) is 43.7 Å². The van der Waals surface area contributed by atoms with Crippen molar-refractivity contribution in [1.29, 1.82) is 0 Å². The van der Waals surface area contributed by atoms with Crippen molar-refractivity contribution in [1.82, 2.24) is 0 Å². The van der Waals surface area contributed by atoms with Crippen LogP contribution in [0.4, 0.5) is 0 Å². The second kappa shape index (κ2) is 3.84. The van der Waals surface area contributed by atoms with Gasteiger partial charge in [0.2, 0.25) is 0 Å². The summed E-state index contributed by atoms with van der Waals surface area (Å²) in [5, 5.41) is 0. The number of hydrogen-bond donors (Lipinski definition) is 0. The lowest BCUT2D eigenvalue weighted by Gasteiger charge is -2.50. The molecule has 2 aliphatic rings. The summed E-state index contributed by atoms with van der Waals surface area (Å²) in [6.45, 7) is 6.51. The molecular formula is C16H20O2. The van der Waals surface area contributed by atoms with Gasteiger partial charge in [0.1, 0.15) is 11.4 Å². The van der Waals surface area contributed by atoms with Gasteiger partial charge in [0.15, 0.2) is 5.78 Å². The van der Waals surface area contributed by atoms with E-state index < -0.39 is 0 Å². The fraction of sp³-hybridized carbons (Fsp3) is 0.562. The molecule has 0 unspecified atom stereocenters. The molecule has 0 radical (unpaired) electrons. The number of ether oxygens (including phenoxy) is 1. The molecule has 96 valence electrons. The average molecular weight is 244 g/mol. The van der Waals surface area contributed by atoms with Crippen LogP contribution in [0.1, 0.15) is 49.0 Å². The van der Waals surface area contributed by atoms with Crippen LogP contribution in [0.3, 0.4) is 0 Å². The molecule has 0 amide bonds. The van der Waals surface area contributed by atoms with Crippen LogP contribution in [0.5, 0.6) is 5.75 Å². The van der Waals surface area contributed by atoms with E-state index >= 15 is 0 Å². The van der Waals surface area contributed by atoms with E-state index in [1.54, 1.807) is 0 Å². The first-order valence-electron chi connectivity index (χ1n) is 6.82. The third-order valence-electron chi connectivity index (χ3n) is 4.46. The van der Waals surface area contributed by atoms with Gasteiger partial charge in [-0.2, -0.15) is 0 Å². The Bertz CT molecular complexity index is 496. The standard InChI is InChI=1S/C16H20O2/c1-10(2)12-7-16(8-12)9-14(17)13-6-11(3)4-5-15(13)18-16/h4-6,10,12H,7-9H2,1-3H3. The van der Waals surface area contributed by atoms with Crippen molar-refractivity contribution >= 4 is 5.78 Å². The number of aryl methyl sites for hydroxylation is 1. The predicted molar refractivity (Wildman–Crippen MR) is 71.0 cm³/mol. The molecule has 0 aromatic heterocycles. The largest absolute Gasteiger partial charge is 0.486 e. The summed E-state index contributed by atoms with van der Waals surface area (Å²) >= 11 is 0. The first-order valence-corrected chi connectivity index (χ1v) is 6.82. The lowest BCUT2D eigenvalue weighted by Crippen LogP contribution is -2.53. The van der Waals surface area contributed by atoms with Crippen LogP contribution in [0.2, 0.25) is 0 Å². The topological polar surface area (TPSA) is 26.3 Å². The maximum atomic E-state index is 12.2. The Morgan fingerprint density at radius 2 is 2.06 bits per heavy atom. The minimum absolute atomic E-state index is 0.186. The van der Waals surface area contributed by atoms with E-state index in [-0.39, 0.29) is 11.4 Å². The van der Waals surface area contributed by atoms with Gasteiger partial charge in [-0.1, -0.05) is 25.5 Å². The van der Waals surface area contributed by atoms with Crippen LogP contribution >= 0.6 is 0 Å². The summed E-state index contributed by atoms with van der Waals surface area (Å²) in [4.78, 5) is 12.2. The number of fused-ring (bicyclic) bond motifs is 1. The van der Waals surface area contributed by atoms with Gasteiger partial charge in [0, 0.05) is 0 Å². The minimum Gasteiger partial charge on any atom is -0.486 e. The van der Waals surface area contributed by atoms with Gasteiger partial charge >= 0.3 is 0 Å². The molecule has 1 spiro atoms. The number of carbonyl (C=O) groups excluding carboxylic acids is 1. The van der Waals surface area contributed by atoms with Crippen molar-refractivity contribution in [2.45, 2.75) is 45.6 Å². The molecule has 0 atom stereocenters. The molecule has 0 N–H and O–H groups in total. The molecule has 2 heteroatoms. The Morgan fingerprint density at radius 1 is 1.33 bits per heavy atom. The SMILES string of the molecule is Cc1ccc2c(c1)C(=O)CC1(CC(C(C)C)C1)O2. The highest BCUT2D eigenvalue weighted by molar-refractivity contribution is 6.00. The molecule has 2 nitrogen and oxygen atoms in total. The molecule has 0 bridgehead atoms. The first kappa shape index (κ1) is 11.8. The molecule has 18 heavy (non-hydrogen) atoms. The number of carbonyl (C=O) groups is 1. The summed E-state index contributed by atoms with van der Waals surface area (Å²) in [7, 11) is 0. The van der Waals surface area contributed by atoms with Crippen molar-refractivity contribution < 1.29 is 9.53 Å². The molecule has 1 aliphatic heterocycles. The van der Waals surface area contributed by atoms with E-state index in [4.69, 9.17) is 4.74 Å². The van der Waals surface area contributed by atoms with Crippen LogP contribution in [-0.2, 0) is 0 Å². The summed E-state index contributed by atoms with van der Waals surface area (Å²) in [5.41, 5.74) is 1.71. The molecular weight excluding hydrogens is 224 g/mol. The zero-order valence-electron chi connectivity index (χ0n) is 11.3. The molecule has 1 aromatic carbocycles. The lowest BCUT2D eigenvalue weighted by molar-refractivity contribution is -0.0696. The summed E-state index contributed by atoms with van der Waals surface area (Å²) in [6, 6.07) is 5.92. The lowest BCUT2D eigenvalue weighted by atomic mass is 9.63. The molecule has 1 aliphatic carbocycles. The highest BCUT2D eigenvalue weighted by Crippen LogP contribution is 2.50. The molecule has 1 saturated carbocycles. The van der Waals surface area contributed by atoms with Crippen molar-refractivity contribution in [2.75, 3.05) is 0 Å². The summed E-state index contributed by atoms with van der Waals surface area (Å²) in [5.74, 6) is 2.44. The van der Waals surface area contributed by atoms with Gasteiger partial charge < -0.3 is 4.74 Å². The highest BCUT2D eigenvalue weighted by atomic mass is 16.5. The Morgan fingerprint density at radius 3 is 2.72 bits per heavy atom. The van der Waals surface area contributed by atoms with E-state index in [2.05, 4.69) is 13.8 Å². The second-order valence-corrected chi connectivity index (χ2v) is 6.30. The number of rotatable bonds is 1. The van der Waals surface area contributed by atoms with E-state index in [0.29, 0.717) is 18.3 Å². The third-order valence-corrected chi connectivity index (χ3v) is 4.46. The Kier molecular flexibility index (Phi) is 2.51. The third kappa shape index (κ3) is 1.75. The summed E-state index contributed by atoms with van der Waals surface area (Å²) < 4.78 is 6.14. The second-order valence-electron chi connectivity index (χ2n) is 6.30. The van der Waals surface area contributed by atoms with Crippen molar-refractivity contribution in [3.05, 3.63) is 29.3 Å². The maximum absolute atomic E-state index is 12.2. The Balaban J connectivity index is 1.85. The minimum atomic E-state index is -0.186. The van der Waals surface area contributed by atoms with Gasteiger partial charge in [-0.25, -0.2) is 0 Å². The van der Waals surface area contributed by atoms with Crippen LogP contribution in [-0.4, -0.2) is 11.4 Å². The normalized spacial score (nSPS) is 30.0. The molecule has 1 aromatic rings. The van der Waals surface area contributed by atoms with Crippen LogP contribution in [0, 0.1) is 18.8 Å². The maximum Gasteiger partial charge on any atom is 0.170 e. The monoisotopic (exact) mass is 244 g/mol. The van der Waals surface area contributed by atoms with Gasteiger partial charge in [0.25, 0.3) is 0 Å². The number of Topliss-reactive ketones (excluding diaryl/α,β-unsaturated/α-hetero) is 1. The van der Waals surface area contributed by atoms with E-state index in [1.807, 2.05) is 25.1 Å². The van der Waals surface area contributed by atoms with Crippen molar-refractivity contribution in [3.63, 3.8) is 0 Å². The fourth-order valence-corrected chi connectivity index (χ4v) is 3.20. The zero-order chi connectivity index (χ0) is 12.9. The fourth-order valence-electron chi connectivity index (χ4n) is 3.20. The Hall–Kier alpha value is -1.31. The van der Waals surface area contributed by atoms with Crippen LogP contribution in [0.25, 0.3) is 0 Å². The van der Waals surface area contributed by atoms with E-state index in [1.165, 1.54) is 0 Å². The Labute approximate surface area is 108 Å². The average Bonchev–Trinajstić information content (AvgIpc) is 2.26. The number of ketones is 1. The quantitative estimate of drug-likeness (QED) is 0.751.